The molecule has 218 valence electrons. The van der Waals surface area contributed by atoms with Gasteiger partial charge in [-0.3, -0.25) is 14.6 Å². The summed E-state index contributed by atoms with van der Waals surface area (Å²) in [5.74, 6) is -2.34. The Labute approximate surface area is 236 Å². The van der Waals surface area contributed by atoms with E-state index in [2.05, 4.69) is 10.3 Å². The topological polar surface area (TPSA) is 166 Å². The fourth-order valence-corrected chi connectivity index (χ4v) is 4.26. The van der Waals surface area contributed by atoms with Gasteiger partial charge in [0.2, 0.25) is 5.91 Å². The van der Waals surface area contributed by atoms with Crippen LogP contribution in [0.5, 0.6) is 5.75 Å². The summed E-state index contributed by atoms with van der Waals surface area (Å²) < 4.78 is 11.0. The lowest BCUT2D eigenvalue weighted by Crippen LogP contribution is -2.46. The number of aliphatic imine (C=N–C) groups is 1. The number of ether oxygens (including phenoxy) is 2. The second-order valence-corrected chi connectivity index (χ2v) is 10.9. The van der Waals surface area contributed by atoms with Gasteiger partial charge in [-0.05, 0) is 81.8 Å². The summed E-state index contributed by atoms with van der Waals surface area (Å²) in [7, 11) is 0. The highest BCUT2D eigenvalue weighted by Gasteiger charge is 2.30. The Morgan fingerprint density at radius 1 is 1.05 bits per heavy atom. The van der Waals surface area contributed by atoms with Crippen molar-refractivity contribution in [3.8, 4) is 5.75 Å². The Hall–Kier alpha value is -4.08. The number of phenolic OH excluding ortho intramolecular Hbond substituents is 1. The van der Waals surface area contributed by atoms with Crippen LogP contribution < -0.4 is 16.8 Å². The Balaban J connectivity index is 2.28. The minimum atomic E-state index is -1.03. The van der Waals surface area contributed by atoms with Crippen LogP contribution in [0.3, 0.4) is 0 Å². The van der Waals surface area contributed by atoms with E-state index in [0.29, 0.717) is 12.8 Å². The van der Waals surface area contributed by atoms with Gasteiger partial charge in [-0.1, -0.05) is 30.3 Å². The van der Waals surface area contributed by atoms with Crippen molar-refractivity contribution in [2.75, 3.05) is 6.54 Å². The van der Waals surface area contributed by atoms with Gasteiger partial charge in [0.1, 0.15) is 24.0 Å². The molecule has 0 aromatic heterocycles. The van der Waals surface area contributed by atoms with Gasteiger partial charge < -0.3 is 31.4 Å². The number of amides is 1. The molecule has 1 amide bonds. The average Bonchev–Trinajstić information content (AvgIpc) is 2.85. The summed E-state index contributed by atoms with van der Waals surface area (Å²) >= 11 is 0. The third kappa shape index (κ3) is 11.3. The molecule has 0 aliphatic carbocycles. The van der Waals surface area contributed by atoms with Crippen molar-refractivity contribution in [3.63, 3.8) is 0 Å². The van der Waals surface area contributed by atoms with Crippen molar-refractivity contribution in [2.45, 2.75) is 78.6 Å². The number of guanidine groups is 1. The molecule has 0 bridgehead atoms. The van der Waals surface area contributed by atoms with Gasteiger partial charge in [-0.15, -0.1) is 0 Å². The molecular formula is C30H42N4O6. The quantitative estimate of drug-likeness (QED) is 0.127. The molecule has 0 saturated heterocycles. The number of nitrogens with one attached hydrogen (secondary N) is 1. The Morgan fingerprint density at radius 3 is 2.25 bits per heavy atom. The summed E-state index contributed by atoms with van der Waals surface area (Å²) in [6, 6.07) is 11.4. The molecule has 0 fully saturated rings. The molecule has 10 heteroatoms. The lowest BCUT2D eigenvalue weighted by Gasteiger charge is -2.24. The summed E-state index contributed by atoms with van der Waals surface area (Å²) in [6.07, 6.45) is 0.710. The van der Waals surface area contributed by atoms with E-state index in [-0.39, 0.29) is 37.7 Å². The predicted molar refractivity (Wildman–Crippen MR) is 153 cm³/mol. The minimum Gasteiger partial charge on any atom is -0.508 e. The molecule has 0 saturated carbocycles. The lowest BCUT2D eigenvalue weighted by molar-refractivity contribution is -0.157. The number of carbonyl (C=O) groups is 3. The Morgan fingerprint density at radius 2 is 1.68 bits per heavy atom. The molecule has 2 unspecified atom stereocenters. The summed E-state index contributed by atoms with van der Waals surface area (Å²) in [5.41, 5.74) is 13.2. The lowest BCUT2D eigenvalue weighted by atomic mass is 9.94. The van der Waals surface area contributed by atoms with Crippen LogP contribution in [0.15, 0.2) is 47.5 Å². The van der Waals surface area contributed by atoms with Gasteiger partial charge in [-0.2, -0.15) is 0 Å². The number of nitrogens with two attached hydrogens (primary N) is 2. The highest BCUT2D eigenvalue weighted by Crippen LogP contribution is 2.23. The van der Waals surface area contributed by atoms with Crippen molar-refractivity contribution in [1.29, 1.82) is 0 Å². The highest BCUT2D eigenvalue weighted by atomic mass is 16.6. The fraction of sp³-hybridized carbons (Fsp3) is 0.467. The van der Waals surface area contributed by atoms with Crippen molar-refractivity contribution in [3.05, 3.63) is 64.7 Å². The van der Waals surface area contributed by atoms with E-state index in [4.69, 9.17) is 20.9 Å². The number of benzene rings is 2. The number of aromatic hydroxyl groups is 1. The van der Waals surface area contributed by atoms with E-state index in [1.807, 2.05) is 44.2 Å². The van der Waals surface area contributed by atoms with Crippen LogP contribution in [-0.2, 0) is 36.9 Å². The van der Waals surface area contributed by atoms with Crippen LogP contribution in [0.1, 0.15) is 62.3 Å². The number of hydrogen-bond donors (Lipinski definition) is 4. The number of carbonyl (C=O) groups excluding carboxylic acids is 3. The molecular weight excluding hydrogens is 512 g/mol. The minimum absolute atomic E-state index is 0.0411. The number of esters is 2. The fourth-order valence-electron chi connectivity index (χ4n) is 4.26. The average molecular weight is 555 g/mol. The second kappa shape index (κ2) is 14.9. The SMILES string of the molecule is Cc1cc(O)cc(C)c1CC(NC(=O)C(CCCN=C(N)N)CC(=O)OC(C)(C)C)C(=O)OCc1ccccc1. The molecule has 2 aromatic carbocycles. The molecule has 0 spiro atoms. The van der Waals surface area contributed by atoms with Crippen LogP contribution in [0.2, 0.25) is 0 Å². The summed E-state index contributed by atoms with van der Waals surface area (Å²) in [6.45, 7) is 9.23. The van der Waals surface area contributed by atoms with Gasteiger partial charge in [-0.25, -0.2) is 4.79 Å². The molecule has 2 rings (SSSR count). The van der Waals surface area contributed by atoms with E-state index in [1.54, 1.807) is 32.9 Å². The monoisotopic (exact) mass is 554 g/mol. The molecule has 2 aromatic rings. The molecule has 0 heterocycles. The zero-order chi connectivity index (χ0) is 29.9. The van der Waals surface area contributed by atoms with Crippen molar-refractivity contribution in [1.82, 2.24) is 5.32 Å². The summed E-state index contributed by atoms with van der Waals surface area (Å²) in [4.78, 5) is 43.4. The van der Waals surface area contributed by atoms with Gasteiger partial charge in [0.15, 0.2) is 5.96 Å². The van der Waals surface area contributed by atoms with Crippen LogP contribution in [0, 0.1) is 19.8 Å². The highest BCUT2D eigenvalue weighted by molar-refractivity contribution is 5.88. The Kier molecular flexibility index (Phi) is 12.0. The first-order valence-corrected chi connectivity index (χ1v) is 13.3. The van der Waals surface area contributed by atoms with Crippen molar-refractivity contribution >= 4 is 23.8 Å². The van der Waals surface area contributed by atoms with Gasteiger partial charge in [0, 0.05) is 18.9 Å². The van der Waals surface area contributed by atoms with Crippen LogP contribution in [-0.4, -0.2) is 47.1 Å². The third-order valence-corrected chi connectivity index (χ3v) is 6.12. The van der Waals surface area contributed by atoms with Crippen LogP contribution in [0.25, 0.3) is 0 Å². The number of aryl methyl sites for hydroxylation is 2. The van der Waals surface area contributed by atoms with E-state index in [0.717, 1.165) is 22.3 Å². The first kappa shape index (κ1) is 32.1. The number of hydrogen-bond acceptors (Lipinski definition) is 7. The van der Waals surface area contributed by atoms with Crippen LogP contribution in [0.4, 0.5) is 0 Å². The molecule has 10 nitrogen and oxygen atoms in total. The van der Waals surface area contributed by atoms with E-state index in [9.17, 15) is 19.5 Å². The molecule has 2 atom stereocenters. The maximum atomic E-state index is 13.5. The second-order valence-electron chi connectivity index (χ2n) is 10.9. The normalized spacial score (nSPS) is 12.6. The van der Waals surface area contributed by atoms with Crippen molar-refractivity contribution in [2.24, 2.45) is 22.4 Å². The van der Waals surface area contributed by atoms with E-state index >= 15 is 0 Å². The number of rotatable bonds is 13. The standard InChI is InChI=1S/C30H42N4O6/c1-19-14-23(35)15-20(2)24(19)17-25(28(38)39-18-21-10-7-6-8-11-21)34-27(37)22(12-9-13-33-29(31)32)16-26(36)40-30(3,4)5/h6-8,10-11,14-15,22,25,35H,9,12-13,16-18H2,1-5H3,(H,34,37)(H4,31,32,33). The largest absolute Gasteiger partial charge is 0.508 e. The van der Waals surface area contributed by atoms with Gasteiger partial charge in [0.05, 0.1) is 6.42 Å². The van der Waals surface area contributed by atoms with Crippen molar-refractivity contribution < 1.29 is 29.0 Å². The molecule has 0 radical (unpaired) electrons. The zero-order valence-electron chi connectivity index (χ0n) is 24.0. The molecule has 0 aliphatic rings. The molecule has 0 aliphatic heterocycles. The number of nitrogens with zero attached hydrogens (tertiary/aromatic N) is 1. The zero-order valence-corrected chi connectivity index (χ0v) is 24.0. The molecule has 40 heavy (non-hydrogen) atoms. The van der Waals surface area contributed by atoms with Crippen LogP contribution >= 0.6 is 0 Å². The smallest absolute Gasteiger partial charge is 0.329 e. The maximum absolute atomic E-state index is 13.5. The Bertz CT molecular complexity index is 1160. The third-order valence-electron chi connectivity index (χ3n) is 6.12. The van der Waals surface area contributed by atoms with Gasteiger partial charge in [0.25, 0.3) is 0 Å². The summed E-state index contributed by atoms with van der Waals surface area (Å²) in [5, 5.41) is 12.8. The van der Waals surface area contributed by atoms with E-state index < -0.39 is 35.4 Å². The first-order chi connectivity index (χ1) is 18.7. The molecule has 6 N–H and O–H groups in total. The predicted octanol–water partition coefficient (Wildman–Crippen LogP) is 3.18. The maximum Gasteiger partial charge on any atom is 0.329 e. The first-order valence-electron chi connectivity index (χ1n) is 13.3. The van der Waals surface area contributed by atoms with Gasteiger partial charge >= 0.3 is 11.9 Å². The number of phenols is 1. The van der Waals surface area contributed by atoms with E-state index in [1.165, 1.54) is 0 Å².